The van der Waals surface area contributed by atoms with E-state index in [1.165, 1.54) is 11.3 Å². The SMILES string of the molecule is COc1ccc(OC)c(-c2cn3nc(-c4cscn4)sc3n2)c1. The third kappa shape index (κ3) is 2.45. The van der Waals surface area contributed by atoms with Crippen molar-refractivity contribution in [3.05, 3.63) is 35.3 Å². The zero-order valence-corrected chi connectivity index (χ0v) is 14.0. The summed E-state index contributed by atoms with van der Waals surface area (Å²) in [5.41, 5.74) is 4.35. The average molecular weight is 344 g/mol. The largest absolute Gasteiger partial charge is 0.497 e. The third-order valence-corrected chi connectivity index (χ3v) is 4.91. The molecule has 116 valence electrons. The van der Waals surface area contributed by atoms with Gasteiger partial charge in [0.2, 0.25) is 4.96 Å². The van der Waals surface area contributed by atoms with Crippen LogP contribution in [0, 0.1) is 0 Å². The van der Waals surface area contributed by atoms with Crippen LogP contribution in [-0.4, -0.2) is 33.8 Å². The maximum atomic E-state index is 5.42. The molecule has 3 aromatic heterocycles. The summed E-state index contributed by atoms with van der Waals surface area (Å²) >= 11 is 3.06. The lowest BCUT2D eigenvalue weighted by Gasteiger charge is -2.08. The van der Waals surface area contributed by atoms with Crippen LogP contribution >= 0.6 is 22.7 Å². The Morgan fingerprint density at radius 3 is 2.74 bits per heavy atom. The van der Waals surface area contributed by atoms with Gasteiger partial charge in [-0.15, -0.1) is 11.3 Å². The molecule has 0 saturated carbocycles. The summed E-state index contributed by atoms with van der Waals surface area (Å²) in [5.74, 6) is 1.50. The second-order valence-electron chi connectivity index (χ2n) is 4.70. The Morgan fingerprint density at radius 1 is 1.13 bits per heavy atom. The fourth-order valence-electron chi connectivity index (χ4n) is 2.27. The van der Waals surface area contributed by atoms with Gasteiger partial charge in [-0.05, 0) is 18.2 Å². The second-order valence-corrected chi connectivity index (χ2v) is 6.38. The summed E-state index contributed by atoms with van der Waals surface area (Å²) in [5, 5.41) is 7.38. The van der Waals surface area contributed by atoms with Crippen LogP contribution < -0.4 is 9.47 Å². The highest BCUT2D eigenvalue weighted by Crippen LogP contribution is 2.34. The zero-order valence-electron chi connectivity index (χ0n) is 12.4. The van der Waals surface area contributed by atoms with Gasteiger partial charge in [0.05, 0.1) is 31.6 Å². The molecule has 3 heterocycles. The predicted molar refractivity (Wildman–Crippen MR) is 90.5 cm³/mol. The predicted octanol–water partition coefficient (Wildman–Crippen LogP) is 3.60. The number of hydrogen-bond donors (Lipinski definition) is 0. The van der Waals surface area contributed by atoms with E-state index in [0.29, 0.717) is 0 Å². The molecule has 0 amide bonds. The first-order chi connectivity index (χ1) is 11.3. The third-order valence-electron chi connectivity index (χ3n) is 3.38. The number of hydrogen-bond acceptors (Lipinski definition) is 7. The molecule has 23 heavy (non-hydrogen) atoms. The first kappa shape index (κ1) is 14.2. The van der Waals surface area contributed by atoms with Crippen molar-refractivity contribution < 1.29 is 9.47 Å². The average Bonchev–Trinajstić information content (AvgIpc) is 3.28. The fourth-order valence-corrected chi connectivity index (χ4v) is 3.73. The molecular formula is C15H12N4O2S2. The van der Waals surface area contributed by atoms with Crippen molar-refractivity contribution in [2.24, 2.45) is 0 Å². The molecule has 8 heteroatoms. The van der Waals surface area contributed by atoms with Crippen LogP contribution in [-0.2, 0) is 0 Å². The molecule has 0 atom stereocenters. The topological polar surface area (TPSA) is 61.5 Å². The van der Waals surface area contributed by atoms with E-state index in [9.17, 15) is 0 Å². The van der Waals surface area contributed by atoms with E-state index in [-0.39, 0.29) is 0 Å². The van der Waals surface area contributed by atoms with Crippen LogP contribution in [0.1, 0.15) is 0 Å². The van der Waals surface area contributed by atoms with Crippen molar-refractivity contribution in [1.82, 2.24) is 19.6 Å². The Balaban J connectivity index is 1.79. The van der Waals surface area contributed by atoms with Crippen LogP contribution in [0.15, 0.2) is 35.3 Å². The van der Waals surface area contributed by atoms with E-state index >= 15 is 0 Å². The first-order valence-electron chi connectivity index (χ1n) is 6.75. The number of thiazole rings is 1. The summed E-state index contributed by atoms with van der Waals surface area (Å²) in [4.78, 5) is 9.75. The number of nitrogens with zero attached hydrogens (tertiary/aromatic N) is 4. The highest BCUT2D eigenvalue weighted by Gasteiger charge is 2.15. The molecule has 0 N–H and O–H groups in total. The van der Waals surface area contributed by atoms with Gasteiger partial charge in [-0.2, -0.15) is 5.10 Å². The Hall–Kier alpha value is -2.45. The molecular weight excluding hydrogens is 332 g/mol. The second kappa shape index (κ2) is 5.64. The number of rotatable bonds is 4. The molecule has 1 aromatic carbocycles. The molecule has 0 saturated heterocycles. The van der Waals surface area contributed by atoms with E-state index in [1.54, 1.807) is 35.6 Å². The monoisotopic (exact) mass is 344 g/mol. The van der Waals surface area contributed by atoms with E-state index in [2.05, 4.69) is 15.1 Å². The standard InChI is InChI=1S/C15H12N4O2S2/c1-20-9-3-4-13(21-2)10(5-9)11-6-19-15(17-11)23-14(18-19)12-7-22-8-16-12/h3-8H,1-2H3. The number of ether oxygens (including phenoxy) is 2. The minimum Gasteiger partial charge on any atom is -0.497 e. The van der Waals surface area contributed by atoms with Gasteiger partial charge in [-0.3, -0.25) is 0 Å². The molecule has 4 rings (SSSR count). The Kier molecular flexibility index (Phi) is 3.47. The number of benzene rings is 1. The molecule has 0 bridgehead atoms. The van der Waals surface area contributed by atoms with Crippen LogP contribution in [0.25, 0.3) is 26.9 Å². The first-order valence-corrected chi connectivity index (χ1v) is 8.51. The smallest absolute Gasteiger partial charge is 0.213 e. The molecule has 6 nitrogen and oxygen atoms in total. The molecule has 0 aliphatic carbocycles. The normalized spacial score (nSPS) is 11.0. The van der Waals surface area contributed by atoms with Gasteiger partial charge < -0.3 is 9.47 Å². The zero-order chi connectivity index (χ0) is 15.8. The number of imidazole rings is 1. The molecule has 0 aliphatic rings. The molecule has 4 aromatic rings. The lowest BCUT2D eigenvalue weighted by atomic mass is 10.1. The summed E-state index contributed by atoms with van der Waals surface area (Å²) < 4.78 is 12.5. The lowest BCUT2D eigenvalue weighted by molar-refractivity contribution is 0.404. The lowest BCUT2D eigenvalue weighted by Crippen LogP contribution is -1.90. The van der Waals surface area contributed by atoms with Crippen molar-refractivity contribution in [3.63, 3.8) is 0 Å². The van der Waals surface area contributed by atoms with Crippen LogP contribution in [0.4, 0.5) is 0 Å². The maximum absolute atomic E-state index is 5.42. The van der Waals surface area contributed by atoms with Crippen LogP contribution in [0.2, 0.25) is 0 Å². The summed E-state index contributed by atoms with van der Waals surface area (Å²) in [6.45, 7) is 0. The van der Waals surface area contributed by atoms with E-state index in [1.807, 2.05) is 29.8 Å². The quantitative estimate of drug-likeness (QED) is 0.566. The number of methoxy groups -OCH3 is 2. The Morgan fingerprint density at radius 2 is 2.04 bits per heavy atom. The van der Waals surface area contributed by atoms with Gasteiger partial charge in [-0.25, -0.2) is 14.5 Å². The fraction of sp³-hybridized carbons (Fsp3) is 0.133. The minimum absolute atomic E-state index is 0.747. The summed E-state index contributed by atoms with van der Waals surface area (Å²) in [7, 11) is 3.28. The highest BCUT2D eigenvalue weighted by molar-refractivity contribution is 7.20. The maximum Gasteiger partial charge on any atom is 0.213 e. The van der Waals surface area contributed by atoms with Crippen LogP contribution in [0.3, 0.4) is 0 Å². The van der Waals surface area contributed by atoms with Gasteiger partial charge in [0.25, 0.3) is 0 Å². The van der Waals surface area contributed by atoms with E-state index in [4.69, 9.17) is 9.47 Å². The Bertz CT molecular complexity index is 928. The highest BCUT2D eigenvalue weighted by atomic mass is 32.1. The molecule has 0 aliphatic heterocycles. The molecule has 0 unspecified atom stereocenters. The summed E-state index contributed by atoms with van der Waals surface area (Å²) in [6, 6.07) is 5.64. The van der Waals surface area contributed by atoms with E-state index < -0.39 is 0 Å². The van der Waals surface area contributed by atoms with Crippen molar-refractivity contribution in [1.29, 1.82) is 0 Å². The van der Waals surface area contributed by atoms with Crippen molar-refractivity contribution >= 4 is 27.6 Å². The van der Waals surface area contributed by atoms with Gasteiger partial charge in [0, 0.05) is 10.9 Å². The minimum atomic E-state index is 0.747. The van der Waals surface area contributed by atoms with Crippen molar-refractivity contribution in [2.45, 2.75) is 0 Å². The van der Waals surface area contributed by atoms with Crippen LogP contribution in [0.5, 0.6) is 11.5 Å². The van der Waals surface area contributed by atoms with Gasteiger partial charge in [0.1, 0.15) is 17.2 Å². The number of fused-ring (bicyclic) bond motifs is 1. The summed E-state index contributed by atoms with van der Waals surface area (Å²) in [6.07, 6.45) is 1.89. The van der Waals surface area contributed by atoms with Gasteiger partial charge in [-0.1, -0.05) is 11.3 Å². The molecule has 0 fully saturated rings. The molecule has 0 radical (unpaired) electrons. The molecule has 0 spiro atoms. The van der Waals surface area contributed by atoms with Gasteiger partial charge >= 0.3 is 0 Å². The van der Waals surface area contributed by atoms with Gasteiger partial charge in [0.15, 0.2) is 5.01 Å². The van der Waals surface area contributed by atoms with Crippen molar-refractivity contribution in [3.8, 4) is 33.5 Å². The Labute approximate surface area is 140 Å². The van der Waals surface area contributed by atoms with E-state index in [0.717, 1.165) is 38.4 Å². The van der Waals surface area contributed by atoms with Crippen molar-refractivity contribution in [2.75, 3.05) is 14.2 Å². The number of aromatic nitrogens is 4.